The van der Waals surface area contributed by atoms with Gasteiger partial charge < -0.3 is 4.90 Å². The van der Waals surface area contributed by atoms with Crippen LogP contribution in [-0.4, -0.2) is 23.9 Å². The van der Waals surface area contributed by atoms with Crippen molar-refractivity contribution in [2.75, 3.05) is 13.1 Å². The van der Waals surface area contributed by atoms with Gasteiger partial charge in [-0.1, -0.05) is 42.7 Å². The summed E-state index contributed by atoms with van der Waals surface area (Å²) >= 11 is 0. The molecule has 2 aliphatic rings. The number of hydrogen-bond acceptors (Lipinski definition) is 2. The Balaban J connectivity index is 1.75. The molecule has 0 bridgehead atoms. The van der Waals surface area contributed by atoms with Gasteiger partial charge in [-0.05, 0) is 31.2 Å². The van der Waals surface area contributed by atoms with Gasteiger partial charge in [-0.25, -0.2) is 0 Å². The molecule has 0 spiro atoms. The molecule has 1 heterocycles. The molecule has 1 saturated carbocycles. The summed E-state index contributed by atoms with van der Waals surface area (Å²) in [5.41, 5.74) is 2.46. The first kappa shape index (κ1) is 12.7. The van der Waals surface area contributed by atoms with Crippen molar-refractivity contribution in [1.82, 2.24) is 10.2 Å². The molecule has 1 amide bonds. The van der Waals surface area contributed by atoms with Gasteiger partial charge in [0.25, 0.3) is 0 Å². The Morgan fingerprint density at radius 2 is 1.89 bits per heavy atom. The zero-order chi connectivity index (χ0) is 13.2. The van der Waals surface area contributed by atoms with Crippen molar-refractivity contribution in [3.8, 4) is 0 Å². The predicted octanol–water partition coefficient (Wildman–Crippen LogP) is 2.62. The van der Waals surface area contributed by atoms with Crippen LogP contribution in [-0.2, 0) is 4.79 Å². The van der Waals surface area contributed by atoms with Gasteiger partial charge >= 0.3 is 0 Å². The molecule has 2 fully saturated rings. The van der Waals surface area contributed by atoms with E-state index in [1.807, 2.05) is 4.90 Å². The van der Waals surface area contributed by atoms with Crippen LogP contribution < -0.4 is 5.32 Å². The van der Waals surface area contributed by atoms with Crippen LogP contribution in [0.1, 0.15) is 43.0 Å². The number of carbonyl (C=O) groups is 1. The highest BCUT2D eigenvalue weighted by Gasteiger charge is 2.33. The Kier molecular flexibility index (Phi) is 3.56. The number of amides is 1. The Labute approximate surface area is 115 Å². The maximum Gasteiger partial charge on any atom is 0.238 e. The summed E-state index contributed by atoms with van der Waals surface area (Å²) in [6.45, 7) is 3.49. The van der Waals surface area contributed by atoms with E-state index < -0.39 is 0 Å². The molecule has 1 saturated heterocycles. The van der Waals surface area contributed by atoms with Gasteiger partial charge in [-0.3, -0.25) is 10.1 Å². The molecule has 19 heavy (non-hydrogen) atoms. The van der Waals surface area contributed by atoms with E-state index in [-0.39, 0.29) is 12.1 Å². The van der Waals surface area contributed by atoms with E-state index in [0.29, 0.717) is 12.5 Å². The molecular weight excluding hydrogens is 236 g/mol. The standard InChI is InChI=1S/C16H22N2O/c1-12-6-8-14(9-7-12)16-17-10-15(19)18(16)11-13-4-2-3-5-13/h6-9,13,16-17H,2-5,10-11H2,1H3. The largest absolute Gasteiger partial charge is 0.322 e. The highest BCUT2D eigenvalue weighted by Crippen LogP contribution is 2.30. The summed E-state index contributed by atoms with van der Waals surface area (Å²) in [4.78, 5) is 14.1. The van der Waals surface area contributed by atoms with Crippen molar-refractivity contribution < 1.29 is 4.79 Å². The lowest BCUT2D eigenvalue weighted by molar-refractivity contribution is -0.128. The molecule has 1 aromatic carbocycles. The van der Waals surface area contributed by atoms with E-state index in [1.165, 1.54) is 36.8 Å². The van der Waals surface area contributed by atoms with Crippen molar-refractivity contribution in [3.05, 3.63) is 35.4 Å². The van der Waals surface area contributed by atoms with Crippen molar-refractivity contribution in [2.24, 2.45) is 5.92 Å². The number of hydrogen-bond donors (Lipinski definition) is 1. The van der Waals surface area contributed by atoms with Crippen LogP contribution in [0.15, 0.2) is 24.3 Å². The van der Waals surface area contributed by atoms with Crippen LogP contribution in [0, 0.1) is 12.8 Å². The Morgan fingerprint density at radius 3 is 2.58 bits per heavy atom. The molecule has 1 aliphatic carbocycles. The molecule has 1 aliphatic heterocycles. The van der Waals surface area contributed by atoms with E-state index in [2.05, 4.69) is 36.5 Å². The average molecular weight is 258 g/mol. The maximum absolute atomic E-state index is 12.1. The van der Waals surface area contributed by atoms with Crippen LogP contribution >= 0.6 is 0 Å². The summed E-state index contributed by atoms with van der Waals surface area (Å²) in [5, 5.41) is 3.34. The lowest BCUT2D eigenvalue weighted by Gasteiger charge is -2.27. The van der Waals surface area contributed by atoms with Gasteiger partial charge in [-0.15, -0.1) is 0 Å². The van der Waals surface area contributed by atoms with Crippen molar-refractivity contribution in [1.29, 1.82) is 0 Å². The molecule has 1 atom stereocenters. The molecule has 1 unspecified atom stereocenters. The van der Waals surface area contributed by atoms with Crippen LogP contribution in [0.2, 0.25) is 0 Å². The van der Waals surface area contributed by atoms with Gasteiger partial charge in [0.15, 0.2) is 0 Å². The number of rotatable bonds is 3. The number of benzene rings is 1. The highest BCUT2D eigenvalue weighted by molar-refractivity contribution is 5.81. The molecule has 3 rings (SSSR count). The van der Waals surface area contributed by atoms with Crippen molar-refractivity contribution >= 4 is 5.91 Å². The lowest BCUT2D eigenvalue weighted by atomic mass is 10.1. The molecule has 3 heteroatoms. The van der Waals surface area contributed by atoms with Gasteiger partial charge in [0.1, 0.15) is 6.17 Å². The van der Waals surface area contributed by atoms with Crippen LogP contribution in [0.25, 0.3) is 0 Å². The van der Waals surface area contributed by atoms with E-state index in [0.717, 1.165) is 6.54 Å². The van der Waals surface area contributed by atoms with Crippen molar-refractivity contribution in [3.63, 3.8) is 0 Å². The molecule has 3 nitrogen and oxygen atoms in total. The minimum Gasteiger partial charge on any atom is -0.322 e. The second-order valence-electron chi connectivity index (χ2n) is 5.89. The number of nitrogens with one attached hydrogen (secondary N) is 1. The summed E-state index contributed by atoms with van der Waals surface area (Å²) in [6.07, 6.45) is 5.30. The van der Waals surface area contributed by atoms with Crippen LogP contribution in [0.5, 0.6) is 0 Å². The Hall–Kier alpha value is -1.35. The third-order valence-electron chi connectivity index (χ3n) is 4.40. The highest BCUT2D eigenvalue weighted by atomic mass is 16.2. The van der Waals surface area contributed by atoms with Crippen LogP contribution in [0.3, 0.4) is 0 Å². The van der Waals surface area contributed by atoms with E-state index >= 15 is 0 Å². The quantitative estimate of drug-likeness (QED) is 0.904. The second-order valence-corrected chi connectivity index (χ2v) is 5.89. The van der Waals surface area contributed by atoms with Crippen molar-refractivity contribution in [2.45, 2.75) is 38.8 Å². The lowest BCUT2D eigenvalue weighted by Crippen LogP contribution is -2.34. The first-order chi connectivity index (χ1) is 9.24. The van der Waals surface area contributed by atoms with E-state index in [9.17, 15) is 4.79 Å². The fourth-order valence-electron chi connectivity index (χ4n) is 3.26. The first-order valence-corrected chi connectivity index (χ1v) is 7.33. The topological polar surface area (TPSA) is 32.3 Å². The minimum absolute atomic E-state index is 0.0775. The summed E-state index contributed by atoms with van der Waals surface area (Å²) < 4.78 is 0. The number of carbonyl (C=O) groups excluding carboxylic acids is 1. The first-order valence-electron chi connectivity index (χ1n) is 7.33. The fourth-order valence-corrected chi connectivity index (χ4v) is 3.26. The fraction of sp³-hybridized carbons (Fsp3) is 0.562. The third kappa shape index (κ3) is 2.66. The minimum atomic E-state index is 0.0775. The smallest absolute Gasteiger partial charge is 0.238 e. The number of aryl methyl sites for hydroxylation is 1. The molecule has 1 aromatic rings. The Bertz CT molecular complexity index is 448. The average Bonchev–Trinajstić information content (AvgIpc) is 3.03. The molecule has 0 radical (unpaired) electrons. The summed E-state index contributed by atoms with van der Waals surface area (Å²) in [6, 6.07) is 8.50. The molecule has 0 aromatic heterocycles. The van der Waals surface area contributed by atoms with Gasteiger partial charge in [0.05, 0.1) is 6.54 Å². The van der Waals surface area contributed by atoms with Crippen LogP contribution in [0.4, 0.5) is 0 Å². The SMILES string of the molecule is Cc1ccc(C2NCC(=O)N2CC2CCCC2)cc1. The summed E-state index contributed by atoms with van der Waals surface area (Å²) in [5.74, 6) is 0.953. The molecule has 1 N–H and O–H groups in total. The number of nitrogens with zero attached hydrogens (tertiary/aromatic N) is 1. The molecular formula is C16H22N2O. The monoisotopic (exact) mass is 258 g/mol. The zero-order valence-electron chi connectivity index (χ0n) is 11.6. The summed E-state index contributed by atoms with van der Waals surface area (Å²) in [7, 11) is 0. The Morgan fingerprint density at radius 1 is 1.21 bits per heavy atom. The van der Waals surface area contributed by atoms with Gasteiger partial charge in [-0.2, -0.15) is 0 Å². The zero-order valence-corrected chi connectivity index (χ0v) is 11.6. The molecule has 102 valence electrons. The normalized spacial score (nSPS) is 24.4. The van der Waals surface area contributed by atoms with E-state index in [4.69, 9.17) is 0 Å². The third-order valence-corrected chi connectivity index (χ3v) is 4.40. The van der Waals surface area contributed by atoms with Gasteiger partial charge in [0.2, 0.25) is 5.91 Å². The van der Waals surface area contributed by atoms with E-state index in [1.54, 1.807) is 0 Å². The predicted molar refractivity (Wildman–Crippen MR) is 75.6 cm³/mol. The maximum atomic E-state index is 12.1. The second kappa shape index (κ2) is 5.33. The van der Waals surface area contributed by atoms with Gasteiger partial charge in [0, 0.05) is 6.54 Å².